The summed E-state index contributed by atoms with van der Waals surface area (Å²) in [5.74, 6) is 0.267. The standard InChI is InChI=1S/C18H14Cl2N4O2/c1-23(21-11-12-7-8-14(19)15(20)9-12)16-10-17(25)24(18(26)22-16)13-5-3-2-4-6-13/h2-11H,1H3,(H,22,26)/b21-11+. The fourth-order valence-electron chi connectivity index (χ4n) is 2.29. The van der Waals surface area contributed by atoms with Gasteiger partial charge in [-0.1, -0.05) is 47.5 Å². The molecule has 6 nitrogen and oxygen atoms in total. The van der Waals surface area contributed by atoms with Crippen LogP contribution in [-0.4, -0.2) is 22.8 Å². The summed E-state index contributed by atoms with van der Waals surface area (Å²) in [6, 6.07) is 15.1. The van der Waals surface area contributed by atoms with Gasteiger partial charge in [-0.3, -0.25) is 14.8 Å². The number of H-pyrrole nitrogens is 1. The van der Waals surface area contributed by atoms with Crippen LogP contribution in [0.3, 0.4) is 0 Å². The second kappa shape index (κ2) is 7.59. The number of hydrogen-bond donors (Lipinski definition) is 1. The third-order valence-corrected chi connectivity index (χ3v) is 4.34. The van der Waals surface area contributed by atoms with Crippen LogP contribution < -0.4 is 16.3 Å². The van der Waals surface area contributed by atoms with E-state index in [-0.39, 0.29) is 5.82 Å². The van der Waals surface area contributed by atoms with E-state index in [0.717, 1.165) is 10.1 Å². The van der Waals surface area contributed by atoms with Crippen LogP contribution in [0.25, 0.3) is 5.69 Å². The van der Waals surface area contributed by atoms with E-state index in [1.165, 1.54) is 11.1 Å². The molecule has 0 spiro atoms. The van der Waals surface area contributed by atoms with Gasteiger partial charge in [0.25, 0.3) is 5.56 Å². The van der Waals surface area contributed by atoms with Crippen molar-refractivity contribution in [3.8, 4) is 5.69 Å². The number of nitrogens with zero attached hydrogens (tertiary/aromatic N) is 3. The molecule has 1 aromatic heterocycles. The number of nitrogens with one attached hydrogen (secondary N) is 1. The lowest BCUT2D eigenvalue weighted by atomic mass is 10.2. The Labute approximate surface area is 158 Å². The van der Waals surface area contributed by atoms with Gasteiger partial charge in [-0.25, -0.2) is 9.36 Å². The predicted octanol–water partition coefficient (Wildman–Crippen LogP) is 3.30. The number of benzene rings is 2. The summed E-state index contributed by atoms with van der Waals surface area (Å²) in [6.07, 6.45) is 1.54. The zero-order valence-corrected chi connectivity index (χ0v) is 15.2. The number of aromatic nitrogens is 2. The molecule has 1 heterocycles. The van der Waals surface area contributed by atoms with E-state index < -0.39 is 11.2 Å². The Hall–Kier alpha value is -2.83. The molecule has 0 fully saturated rings. The molecule has 132 valence electrons. The van der Waals surface area contributed by atoms with Crippen molar-refractivity contribution in [1.29, 1.82) is 0 Å². The van der Waals surface area contributed by atoms with Crippen molar-refractivity contribution in [2.24, 2.45) is 5.10 Å². The van der Waals surface area contributed by atoms with Crippen LogP contribution in [0.2, 0.25) is 10.0 Å². The topological polar surface area (TPSA) is 70.5 Å². The zero-order valence-electron chi connectivity index (χ0n) is 13.7. The van der Waals surface area contributed by atoms with Crippen molar-refractivity contribution in [1.82, 2.24) is 9.55 Å². The van der Waals surface area contributed by atoms with Gasteiger partial charge >= 0.3 is 5.69 Å². The Bertz CT molecular complexity index is 1040. The lowest BCUT2D eigenvalue weighted by molar-refractivity contribution is 0.850. The molecule has 1 N–H and O–H groups in total. The molecule has 0 aliphatic carbocycles. The predicted molar refractivity (Wildman–Crippen MR) is 105 cm³/mol. The Kier molecular flexibility index (Phi) is 5.25. The van der Waals surface area contributed by atoms with Crippen LogP contribution in [0.5, 0.6) is 0 Å². The Morgan fingerprint density at radius 2 is 1.77 bits per heavy atom. The molecule has 0 aliphatic heterocycles. The van der Waals surface area contributed by atoms with Gasteiger partial charge < -0.3 is 0 Å². The zero-order chi connectivity index (χ0) is 18.7. The van der Waals surface area contributed by atoms with Gasteiger partial charge in [0.05, 0.1) is 21.9 Å². The minimum Gasteiger partial charge on any atom is -0.292 e. The highest BCUT2D eigenvalue weighted by atomic mass is 35.5. The summed E-state index contributed by atoms with van der Waals surface area (Å²) in [5.41, 5.74) is 0.223. The quantitative estimate of drug-likeness (QED) is 0.550. The first-order valence-electron chi connectivity index (χ1n) is 7.60. The second-order valence-electron chi connectivity index (χ2n) is 5.41. The highest BCUT2D eigenvalue weighted by Crippen LogP contribution is 2.21. The Morgan fingerprint density at radius 1 is 1.04 bits per heavy atom. The van der Waals surface area contributed by atoms with E-state index in [1.54, 1.807) is 55.7 Å². The molecule has 3 aromatic rings. The maximum absolute atomic E-state index is 12.4. The van der Waals surface area contributed by atoms with Crippen molar-refractivity contribution in [2.75, 3.05) is 12.1 Å². The summed E-state index contributed by atoms with van der Waals surface area (Å²) in [6.45, 7) is 0. The average Bonchev–Trinajstić information content (AvgIpc) is 2.62. The van der Waals surface area contributed by atoms with Crippen LogP contribution >= 0.6 is 23.2 Å². The van der Waals surface area contributed by atoms with Crippen molar-refractivity contribution in [2.45, 2.75) is 0 Å². The summed E-state index contributed by atoms with van der Waals surface area (Å²) in [5, 5.41) is 6.46. The molecule has 8 heteroatoms. The van der Waals surface area contributed by atoms with Crippen LogP contribution in [0.4, 0.5) is 5.82 Å². The molecule has 26 heavy (non-hydrogen) atoms. The number of hydrazone groups is 1. The van der Waals surface area contributed by atoms with Crippen LogP contribution in [0.15, 0.2) is 69.3 Å². The molecule has 0 saturated heterocycles. The van der Waals surface area contributed by atoms with Gasteiger partial charge in [0.2, 0.25) is 0 Å². The van der Waals surface area contributed by atoms with Crippen molar-refractivity contribution >= 4 is 35.2 Å². The van der Waals surface area contributed by atoms with E-state index in [1.807, 2.05) is 6.07 Å². The first kappa shape index (κ1) is 18.0. The minimum atomic E-state index is -0.546. The largest absolute Gasteiger partial charge is 0.334 e. The molecule has 0 atom stereocenters. The number of aromatic amines is 1. The maximum Gasteiger partial charge on any atom is 0.334 e. The summed E-state index contributed by atoms with van der Waals surface area (Å²) >= 11 is 11.8. The SMILES string of the molecule is CN(/N=C/c1ccc(Cl)c(Cl)c1)c1cc(=O)n(-c2ccccc2)c(=O)[nH]1. The fourth-order valence-corrected chi connectivity index (χ4v) is 2.59. The highest BCUT2D eigenvalue weighted by Gasteiger charge is 2.08. The number of anilines is 1. The number of rotatable bonds is 4. The first-order chi connectivity index (χ1) is 12.5. The molecule has 0 saturated carbocycles. The van der Waals surface area contributed by atoms with Gasteiger partial charge in [-0.05, 0) is 29.8 Å². The molecule has 0 bridgehead atoms. The molecule has 0 aliphatic rings. The molecule has 0 amide bonds. The first-order valence-corrected chi connectivity index (χ1v) is 8.36. The lowest BCUT2D eigenvalue weighted by Crippen LogP contribution is -2.34. The van der Waals surface area contributed by atoms with Gasteiger partial charge in [-0.15, -0.1) is 0 Å². The van der Waals surface area contributed by atoms with Gasteiger partial charge in [-0.2, -0.15) is 5.10 Å². The van der Waals surface area contributed by atoms with E-state index in [2.05, 4.69) is 10.1 Å². The van der Waals surface area contributed by atoms with Crippen LogP contribution in [-0.2, 0) is 0 Å². The van der Waals surface area contributed by atoms with Gasteiger partial charge in [0.15, 0.2) is 0 Å². The highest BCUT2D eigenvalue weighted by molar-refractivity contribution is 6.42. The third-order valence-electron chi connectivity index (χ3n) is 3.61. The van der Waals surface area contributed by atoms with E-state index in [0.29, 0.717) is 15.7 Å². The Morgan fingerprint density at radius 3 is 2.42 bits per heavy atom. The van der Waals surface area contributed by atoms with Crippen molar-refractivity contribution in [3.05, 3.63) is 91.0 Å². The van der Waals surface area contributed by atoms with Crippen LogP contribution in [0, 0.1) is 0 Å². The maximum atomic E-state index is 12.4. The average molecular weight is 389 g/mol. The molecule has 2 aromatic carbocycles. The van der Waals surface area contributed by atoms with Gasteiger partial charge in [0, 0.05) is 13.1 Å². The van der Waals surface area contributed by atoms with Crippen LogP contribution in [0.1, 0.15) is 5.56 Å². The van der Waals surface area contributed by atoms with Crippen molar-refractivity contribution in [3.63, 3.8) is 0 Å². The molecule has 3 rings (SSSR count). The molecule has 0 radical (unpaired) electrons. The lowest BCUT2D eigenvalue weighted by Gasteiger charge is -2.13. The summed E-state index contributed by atoms with van der Waals surface area (Å²) in [4.78, 5) is 27.3. The fraction of sp³-hybridized carbons (Fsp3) is 0.0556. The smallest absolute Gasteiger partial charge is 0.292 e. The van der Waals surface area contributed by atoms with E-state index in [9.17, 15) is 9.59 Å². The number of para-hydroxylation sites is 1. The monoisotopic (exact) mass is 388 g/mol. The minimum absolute atomic E-state index is 0.267. The van der Waals surface area contributed by atoms with Crippen molar-refractivity contribution < 1.29 is 0 Å². The normalized spacial score (nSPS) is 11.0. The third kappa shape index (κ3) is 3.87. The van der Waals surface area contributed by atoms with E-state index in [4.69, 9.17) is 23.2 Å². The molecular formula is C18H14Cl2N4O2. The van der Waals surface area contributed by atoms with Gasteiger partial charge in [0.1, 0.15) is 5.82 Å². The number of halogens is 2. The summed E-state index contributed by atoms with van der Waals surface area (Å²) < 4.78 is 1.06. The second-order valence-corrected chi connectivity index (χ2v) is 6.23. The van der Waals surface area contributed by atoms with E-state index >= 15 is 0 Å². The molecular weight excluding hydrogens is 375 g/mol. The Balaban J connectivity index is 1.90. The number of hydrogen-bond acceptors (Lipinski definition) is 4. The summed E-state index contributed by atoms with van der Waals surface area (Å²) in [7, 11) is 1.62. The molecule has 0 unspecified atom stereocenters.